The summed E-state index contributed by atoms with van der Waals surface area (Å²) in [5.41, 5.74) is 8.86. The van der Waals surface area contributed by atoms with Crippen LogP contribution in [0.15, 0.2) is 42.5 Å². The molecular formula is C16H20N2O2. The number of benzene rings is 1. The largest absolute Gasteiger partial charge is 0.497 e. The summed E-state index contributed by atoms with van der Waals surface area (Å²) in [4.78, 5) is 4.60. The van der Waals surface area contributed by atoms with Crippen molar-refractivity contribution in [1.82, 2.24) is 4.98 Å². The maximum absolute atomic E-state index is 8.86. The second kappa shape index (κ2) is 7.03. The Morgan fingerprint density at radius 1 is 1.20 bits per heavy atom. The monoisotopic (exact) mass is 272 g/mol. The van der Waals surface area contributed by atoms with Crippen molar-refractivity contribution < 1.29 is 9.84 Å². The van der Waals surface area contributed by atoms with Crippen LogP contribution in [0.25, 0.3) is 11.3 Å². The molecule has 4 nitrogen and oxygen atoms in total. The number of aliphatic hydroxyl groups excluding tert-OH is 1. The zero-order chi connectivity index (χ0) is 14.4. The van der Waals surface area contributed by atoms with E-state index in [1.807, 2.05) is 42.5 Å². The summed E-state index contributed by atoms with van der Waals surface area (Å²) >= 11 is 0. The molecule has 3 N–H and O–H groups in total. The number of hydrogen-bond acceptors (Lipinski definition) is 4. The molecule has 1 aromatic carbocycles. The maximum Gasteiger partial charge on any atom is 0.118 e. The molecule has 2 aromatic rings. The van der Waals surface area contributed by atoms with Crippen LogP contribution < -0.4 is 10.5 Å². The molecule has 1 atom stereocenters. The molecule has 0 amide bonds. The zero-order valence-corrected chi connectivity index (χ0v) is 11.6. The lowest BCUT2D eigenvalue weighted by Gasteiger charge is -2.12. The maximum atomic E-state index is 8.86. The lowest BCUT2D eigenvalue weighted by molar-refractivity contribution is 0.279. The van der Waals surface area contributed by atoms with Gasteiger partial charge < -0.3 is 15.6 Å². The predicted octanol–water partition coefficient (Wildman–Crippen LogP) is 2.53. The van der Waals surface area contributed by atoms with Crippen molar-refractivity contribution in [2.24, 2.45) is 5.73 Å². The lowest BCUT2D eigenvalue weighted by Crippen LogP contribution is -2.12. The van der Waals surface area contributed by atoms with Gasteiger partial charge in [0, 0.05) is 18.2 Å². The van der Waals surface area contributed by atoms with E-state index in [2.05, 4.69) is 4.98 Å². The first-order valence-electron chi connectivity index (χ1n) is 6.72. The highest BCUT2D eigenvalue weighted by Gasteiger charge is 2.08. The minimum absolute atomic E-state index is 0.139. The van der Waals surface area contributed by atoms with Gasteiger partial charge in [-0.3, -0.25) is 4.98 Å². The van der Waals surface area contributed by atoms with E-state index in [1.54, 1.807) is 7.11 Å². The van der Waals surface area contributed by atoms with E-state index in [0.717, 1.165) is 29.1 Å². The van der Waals surface area contributed by atoms with E-state index < -0.39 is 0 Å². The topological polar surface area (TPSA) is 68.4 Å². The Bertz CT molecular complexity index is 540. The first-order chi connectivity index (χ1) is 9.74. The van der Waals surface area contributed by atoms with Crippen molar-refractivity contribution in [3.8, 4) is 17.0 Å². The third-order valence-electron chi connectivity index (χ3n) is 3.21. The van der Waals surface area contributed by atoms with Crippen molar-refractivity contribution in [2.45, 2.75) is 18.9 Å². The highest BCUT2D eigenvalue weighted by Crippen LogP contribution is 2.22. The smallest absolute Gasteiger partial charge is 0.118 e. The summed E-state index contributed by atoms with van der Waals surface area (Å²) in [5, 5.41) is 8.86. The van der Waals surface area contributed by atoms with Gasteiger partial charge in [0.1, 0.15) is 5.75 Å². The third-order valence-corrected chi connectivity index (χ3v) is 3.21. The Labute approximate surface area is 119 Å². The first kappa shape index (κ1) is 14.5. The van der Waals surface area contributed by atoms with Crippen molar-refractivity contribution in [3.63, 3.8) is 0 Å². The van der Waals surface area contributed by atoms with Crippen molar-refractivity contribution in [1.29, 1.82) is 0 Å². The standard InChI is InChI=1S/C16H20N2O2/c1-20-13-9-7-12(8-10-13)15-5-2-6-16(18-15)14(17)4-3-11-19/h2,5-10,14,19H,3-4,11,17H2,1H3/t14-/m0/s1. The van der Waals surface area contributed by atoms with Gasteiger partial charge in [-0.15, -0.1) is 0 Å². The predicted molar refractivity (Wildman–Crippen MR) is 79.5 cm³/mol. The van der Waals surface area contributed by atoms with Crippen LogP contribution in [0.4, 0.5) is 0 Å². The molecule has 0 aliphatic rings. The summed E-state index contributed by atoms with van der Waals surface area (Å²) in [5.74, 6) is 0.824. The Hall–Kier alpha value is -1.91. The first-order valence-corrected chi connectivity index (χ1v) is 6.72. The average molecular weight is 272 g/mol. The van der Waals surface area contributed by atoms with E-state index in [1.165, 1.54) is 0 Å². The van der Waals surface area contributed by atoms with Crippen LogP contribution in [-0.2, 0) is 0 Å². The Balaban J connectivity index is 2.19. The van der Waals surface area contributed by atoms with Crippen LogP contribution in [0.3, 0.4) is 0 Å². The molecule has 1 heterocycles. The summed E-state index contributed by atoms with van der Waals surface area (Å²) in [6, 6.07) is 13.5. The van der Waals surface area contributed by atoms with Gasteiger partial charge >= 0.3 is 0 Å². The molecule has 0 spiro atoms. The molecular weight excluding hydrogens is 252 g/mol. The van der Waals surface area contributed by atoms with Gasteiger partial charge in [-0.25, -0.2) is 0 Å². The normalized spacial score (nSPS) is 12.2. The van der Waals surface area contributed by atoms with E-state index in [0.29, 0.717) is 6.42 Å². The second-order valence-corrected chi connectivity index (χ2v) is 4.65. The molecule has 0 saturated carbocycles. The number of ether oxygens (including phenoxy) is 1. The third kappa shape index (κ3) is 3.56. The van der Waals surface area contributed by atoms with Crippen LogP contribution in [0.5, 0.6) is 5.75 Å². The molecule has 0 radical (unpaired) electrons. The van der Waals surface area contributed by atoms with Gasteiger partial charge in [0.15, 0.2) is 0 Å². The number of rotatable bonds is 6. The zero-order valence-electron chi connectivity index (χ0n) is 11.6. The average Bonchev–Trinajstić information content (AvgIpc) is 2.52. The van der Waals surface area contributed by atoms with Gasteiger partial charge in [0.2, 0.25) is 0 Å². The number of aliphatic hydroxyl groups is 1. The molecule has 0 aliphatic heterocycles. The molecule has 0 bridgehead atoms. The SMILES string of the molecule is COc1ccc(-c2cccc([C@@H](N)CCCO)n2)cc1. The minimum atomic E-state index is -0.139. The Kier molecular flexibility index (Phi) is 5.09. The van der Waals surface area contributed by atoms with Crippen LogP contribution in [-0.4, -0.2) is 23.8 Å². The van der Waals surface area contributed by atoms with Gasteiger partial charge in [0.25, 0.3) is 0 Å². The molecule has 0 aliphatic carbocycles. The summed E-state index contributed by atoms with van der Waals surface area (Å²) in [6.07, 6.45) is 1.42. The summed E-state index contributed by atoms with van der Waals surface area (Å²) in [7, 11) is 1.65. The van der Waals surface area contributed by atoms with Gasteiger partial charge in [-0.1, -0.05) is 6.07 Å². The second-order valence-electron chi connectivity index (χ2n) is 4.65. The number of nitrogens with two attached hydrogens (primary N) is 1. The molecule has 20 heavy (non-hydrogen) atoms. The van der Waals surface area contributed by atoms with Crippen molar-refractivity contribution >= 4 is 0 Å². The van der Waals surface area contributed by atoms with Crippen LogP contribution in [0.2, 0.25) is 0 Å². The summed E-state index contributed by atoms with van der Waals surface area (Å²) < 4.78 is 5.15. The fourth-order valence-corrected chi connectivity index (χ4v) is 2.04. The van der Waals surface area contributed by atoms with Gasteiger partial charge in [-0.05, 0) is 49.2 Å². The molecule has 4 heteroatoms. The highest BCUT2D eigenvalue weighted by atomic mass is 16.5. The van der Waals surface area contributed by atoms with E-state index >= 15 is 0 Å². The van der Waals surface area contributed by atoms with Crippen LogP contribution >= 0.6 is 0 Å². The molecule has 0 fully saturated rings. The van der Waals surface area contributed by atoms with Crippen molar-refractivity contribution in [2.75, 3.05) is 13.7 Å². The minimum Gasteiger partial charge on any atom is -0.497 e. The quantitative estimate of drug-likeness (QED) is 0.848. The number of pyridine rings is 1. The number of methoxy groups -OCH3 is 1. The molecule has 0 saturated heterocycles. The van der Waals surface area contributed by atoms with E-state index in [-0.39, 0.29) is 12.6 Å². The van der Waals surface area contributed by atoms with Gasteiger partial charge in [0.05, 0.1) is 18.5 Å². The Morgan fingerprint density at radius 2 is 1.95 bits per heavy atom. The molecule has 1 aromatic heterocycles. The fraction of sp³-hybridized carbons (Fsp3) is 0.312. The van der Waals surface area contributed by atoms with Gasteiger partial charge in [-0.2, -0.15) is 0 Å². The molecule has 106 valence electrons. The number of aromatic nitrogens is 1. The fourth-order valence-electron chi connectivity index (χ4n) is 2.04. The van der Waals surface area contributed by atoms with Crippen LogP contribution in [0.1, 0.15) is 24.6 Å². The number of nitrogens with zero attached hydrogens (tertiary/aromatic N) is 1. The molecule has 2 rings (SSSR count). The van der Waals surface area contributed by atoms with E-state index in [4.69, 9.17) is 15.6 Å². The lowest BCUT2D eigenvalue weighted by atomic mass is 10.1. The highest BCUT2D eigenvalue weighted by molar-refractivity contribution is 5.60. The molecule has 0 unspecified atom stereocenters. The number of hydrogen-bond donors (Lipinski definition) is 2. The van der Waals surface area contributed by atoms with Crippen molar-refractivity contribution in [3.05, 3.63) is 48.2 Å². The van der Waals surface area contributed by atoms with E-state index in [9.17, 15) is 0 Å². The Morgan fingerprint density at radius 3 is 2.60 bits per heavy atom. The van der Waals surface area contributed by atoms with Crippen LogP contribution in [0, 0.1) is 0 Å². The summed E-state index contributed by atoms with van der Waals surface area (Å²) in [6.45, 7) is 0.159.